The van der Waals surface area contributed by atoms with E-state index in [2.05, 4.69) is 20.7 Å². The van der Waals surface area contributed by atoms with Gasteiger partial charge in [-0.25, -0.2) is 4.68 Å². The smallest absolute Gasteiger partial charge is 0.255 e. The molecule has 2 aromatic heterocycles. The number of methoxy groups -OCH3 is 2. The summed E-state index contributed by atoms with van der Waals surface area (Å²) in [6, 6.07) is 17.8. The Morgan fingerprint density at radius 2 is 1.94 bits per heavy atom. The third-order valence-electron chi connectivity index (χ3n) is 5.60. The number of nitrogens with zero attached hydrogens (tertiary/aromatic N) is 3. The lowest BCUT2D eigenvalue weighted by Gasteiger charge is -2.29. The van der Waals surface area contributed by atoms with Crippen LogP contribution in [0.25, 0.3) is 11.6 Å². The zero-order valence-electron chi connectivity index (χ0n) is 18.9. The fourth-order valence-corrected chi connectivity index (χ4v) is 4.01. The normalized spacial score (nSPS) is 14.9. The van der Waals surface area contributed by atoms with Crippen molar-refractivity contribution in [2.45, 2.75) is 13.0 Å². The molecule has 4 aromatic rings. The van der Waals surface area contributed by atoms with Crippen LogP contribution in [0.2, 0.25) is 0 Å². The number of hydrogen-bond donors (Lipinski definition) is 2. The van der Waals surface area contributed by atoms with Gasteiger partial charge in [0.05, 0.1) is 31.7 Å². The standard InChI is InChI=1S/C25H23N5O4/c1-15-21(24(31)27-18-10-4-5-11-19(18)33-3)22(16-8-6-9-17(14-16)32-2)30-25(26-15)28-23(29-30)20-12-7-13-34-20/h4-14,22H,1-3H3,(H,27,31)(H,26,28,29)/t22-/m0/s1. The van der Waals surface area contributed by atoms with Crippen LogP contribution >= 0.6 is 0 Å². The summed E-state index contributed by atoms with van der Waals surface area (Å²) in [5, 5.41) is 10.9. The Morgan fingerprint density at radius 1 is 1.09 bits per heavy atom. The van der Waals surface area contributed by atoms with Crippen LogP contribution in [0.5, 0.6) is 11.5 Å². The molecule has 0 radical (unpaired) electrons. The molecule has 0 bridgehead atoms. The van der Waals surface area contributed by atoms with Crippen LogP contribution in [-0.4, -0.2) is 34.9 Å². The lowest BCUT2D eigenvalue weighted by molar-refractivity contribution is -0.113. The SMILES string of the molecule is COc1cccc([C@H]2C(C(=O)Nc3ccccc3OC)=C(C)Nc3nc(-c4ccco4)nn32)c1. The van der Waals surface area contributed by atoms with Crippen molar-refractivity contribution in [2.24, 2.45) is 0 Å². The number of aromatic nitrogens is 3. The molecular weight excluding hydrogens is 434 g/mol. The number of rotatable bonds is 6. The number of ether oxygens (including phenoxy) is 2. The topological polar surface area (TPSA) is 103 Å². The predicted molar refractivity (Wildman–Crippen MR) is 127 cm³/mol. The number of carbonyl (C=O) groups excluding carboxylic acids is 1. The van der Waals surface area contributed by atoms with Gasteiger partial charge in [-0.1, -0.05) is 24.3 Å². The maximum atomic E-state index is 13.7. The molecule has 0 aliphatic carbocycles. The molecule has 1 atom stereocenters. The van der Waals surface area contributed by atoms with E-state index in [4.69, 9.17) is 13.9 Å². The van der Waals surface area contributed by atoms with E-state index >= 15 is 0 Å². The number of furan rings is 1. The van der Waals surface area contributed by atoms with Crippen molar-refractivity contribution >= 4 is 17.5 Å². The van der Waals surface area contributed by atoms with Crippen LogP contribution in [0.1, 0.15) is 18.5 Å². The Kier molecular flexibility index (Phi) is 5.51. The van der Waals surface area contributed by atoms with Crippen molar-refractivity contribution in [3.8, 4) is 23.1 Å². The summed E-state index contributed by atoms with van der Waals surface area (Å²) in [6.45, 7) is 1.84. The molecule has 2 aromatic carbocycles. The fraction of sp³-hybridized carbons (Fsp3) is 0.160. The second kappa shape index (κ2) is 8.78. The fourth-order valence-electron chi connectivity index (χ4n) is 4.01. The number of para-hydroxylation sites is 2. The van der Waals surface area contributed by atoms with E-state index in [9.17, 15) is 4.79 Å². The first-order valence-electron chi connectivity index (χ1n) is 10.7. The van der Waals surface area contributed by atoms with E-state index in [1.54, 1.807) is 49.4 Å². The summed E-state index contributed by atoms with van der Waals surface area (Å²) < 4.78 is 18.0. The Hall–Kier alpha value is -4.53. The highest BCUT2D eigenvalue weighted by atomic mass is 16.5. The number of amides is 1. The van der Waals surface area contributed by atoms with Crippen molar-refractivity contribution < 1.29 is 18.7 Å². The number of allylic oxidation sites excluding steroid dienone is 1. The molecule has 1 aliphatic rings. The maximum absolute atomic E-state index is 13.7. The highest BCUT2D eigenvalue weighted by molar-refractivity contribution is 6.06. The minimum absolute atomic E-state index is 0.289. The molecule has 1 amide bonds. The largest absolute Gasteiger partial charge is 0.497 e. The summed E-state index contributed by atoms with van der Waals surface area (Å²) in [5.41, 5.74) is 2.54. The number of benzene rings is 2. The summed E-state index contributed by atoms with van der Waals surface area (Å²) in [4.78, 5) is 18.3. The highest BCUT2D eigenvalue weighted by Gasteiger charge is 2.35. The van der Waals surface area contributed by atoms with Gasteiger partial charge in [-0.15, -0.1) is 5.10 Å². The quantitative estimate of drug-likeness (QED) is 0.440. The molecule has 0 spiro atoms. The molecule has 0 fully saturated rings. The van der Waals surface area contributed by atoms with Crippen LogP contribution < -0.4 is 20.1 Å². The van der Waals surface area contributed by atoms with E-state index in [0.717, 1.165) is 5.56 Å². The molecule has 3 heterocycles. The summed E-state index contributed by atoms with van der Waals surface area (Å²) in [5.74, 6) is 2.40. The molecular formula is C25H23N5O4. The number of anilines is 2. The van der Waals surface area contributed by atoms with Gasteiger partial charge >= 0.3 is 0 Å². The van der Waals surface area contributed by atoms with Gasteiger partial charge in [0.1, 0.15) is 17.5 Å². The van der Waals surface area contributed by atoms with Gasteiger partial charge in [-0.3, -0.25) is 4.79 Å². The third kappa shape index (κ3) is 3.77. The molecule has 0 saturated carbocycles. The average Bonchev–Trinajstić information content (AvgIpc) is 3.53. The molecule has 9 nitrogen and oxygen atoms in total. The van der Waals surface area contributed by atoms with Crippen LogP contribution in [-0.2, 0) is 4.79 Å². The average molecular weight is 457 g/mol. The molecule has 1 aliphatic heterocycles. The van der Waals surface area contributed by atoms with E-state index in [1.807, 2.05) is 43.3 Å². The molecule has 9 heteroatoms. The number of carbonyl (C=O) groups is 1. The number of fused-ring (bicyclic) bond motifs is 1. The van der Waals surface area contributed by atoms with Gasteiger partial charge in [0.2, 0.25) is 11.8 Å². The minimum Gasteiger partial charge on any atom is -0.497 e. The van der Waals surface area contributed by atoms with E-state index in [1.165, 1.54) is 0 Å². The molecule has 34 heavy (non-hydrogen) atoms. The summed E-state index contributed by atoms with van der Waals surface area (Å²) in [7, 11) is 3.17. The van der Waals surface area contributed by atoms with Crippen LogP contribution in [0, 0.1) is 0 Å². The van der Waals surface area contributed by atoms with Gasteiger partial charge in [-0.2, -0.15) is 4.98 Å². The van der Waals surface area contributed by atoms with Crippen molar-refractivity contribution in [3.05, 3.63) is 83.8 Å². The molecule has 5 rings (SSSR count). The lowest BCUT2D eigenvalue weighted by Crippen LogP contribution is -2.31. The number of nitrogens with one attached hydrogen (secondary N) is 2. The van der Waals surface area contributed by atoms with Crippen molar-refractivity contribution in [1.82, 2.24) is 14.8 Å². The zero-order valence-corrected chi connectivity index (χ0v) is 18.9. The van der Waals surface area contributed by atoms with Gasteiger partial charge in [-0.05, 0) is 48.9 Å². The Labute approximate surface area is 196 Å². The van der Waals surface area contributed by atoms with Crippen molar-refractivity contribution in [3.63, 3.8) is 0 Å². The monoisotopic (exact) mass is 457 g/mol. The van der Waals surface area contributed by atoms with E-state index < -0.39 is 6.04 Å². The maximum Gasteiger partial charge on any atom is 0.255 e. The first kappa shape index (κ1) is 21.3. The summed E-state index contributed by atoms with van der Waals surface area (Å²) in [6.07, 6.45) is 1.57. The third-order valence-corrected chi connectivity index (χ3v) is 5.60. The first-order valence-corrected chi connectivity index (χ1v) is 10.7. The first-order chi connectivity index (χ1) is 16.6. The predicted octanol–water partition coefficient (Wildman–Crippen LogP) is 4.48. The molecule has 2 N–H and O–H groups in total. The zero-order chi connectivity index (χ0) is 23.7. The lowest BCUT2D eigenvalue weighted by atomic mass is 9.95. The summed E-state index contributed by atoms with van der Waals surface area (Å²) >= 11 is 0. The number of hydrogen-bond acceptors (Lipinski definition) is 7. The Bertz CT molecular complexity index is 1370. The molecule has 0 saturated heterocycles. The van der Waals surface area contributed by atoms with Gasteiger partial charge in [0, 0.05) is 5.70 Å². The van der Waals surface area contributed by atoms with Crippen molar-refractivity contribution in [1.29, 1.82) is 0 Å². The van der Waals surface area contributed by atoms with Crippen LogP contribution in [0.15, 0.2) is 82.6 Å². The Morgan fingerprint density at radius 3 is 2.71 bits per heavy atom. The van der Waals surface area contributed by atoms with E-state index in [0.29, 0.717) is 46.0 Å². The molecule has 0 unspecified atom stereocenters. The van der Waals surface area contributed by atoms with Gasteiger partial charge < -0.3 is 24.5 Å². The van der Waals surface area contributed by atoms with Gasteiger partial charge in [0.15, 0.2) is 5.76 Å². The van der Waals surface area contributed by atoms with Gasteiger partial charge in [0.25, 0.3) is 5.91 Å². The van der Waals surface area contributed by atoms with Crippen LogP contribution in [0.3, 0.4) is 0 Å². The molecule has 172 valence electrons. The van der Waals surface area contributed by atoms with Crippen molar-refractivity contribution in [2.75, 3.05) is 24.9 Å². The van der Waals surface area contributed by atoms with Crippen LogP contribution in [0.4, 0.5) is 11.6 Å². The van der Waals surface area contributed by atoms with E-state index in [-0.39, 0.29) is 5.91 Å². The highest BCUT2D eigenvalue weighted by Crippen LogP contribution is 2.38. The Balaban J connectivity index is 1.61. The second-order valence-electron chi connectivity index (χ2n) is 7.68. The second-order valence-corrected chi connectivity index (χ2v) is 7.68. The minimum atomic E-state index is -0.558.